The molecule has 1 saturated carbocycles. The van der Waals surface area contributed by atoms with E-state index in [9.17, 15) is 13.2 Å². The van der Waals surface area contributed by atoms with Gasteiger partial charge in [-0.3, -0.25) is 4.79 Å². The summed E-state index contributed by atoms with van der Waals surface area (Å²) in [5.74, 6) is 0.713. The number of nitrogens with two attached hydrogens (primary N) is 1. The van der Waals surface area contributed by atoms with Crippen molar-refractivity contribution in [2.45, 2.75) is 50.3 Å². The Kier molecular flexibility index (Phi) is 5.50. The maximum atomic E-state index is 12.9. The lowest BCUT2D eigenvalue weighted by molar-refractivity contribution is -0.128. The van der Waals surface area contributed by atoms with Gasteiger partial charge in [0.1, 0.15) is 4.21 Å². The normalized spacial score (nSPS) is 26.8. The van der Waals surface area contributed by atoms with Crippen LogP contribution < -0.4 is 11.1 Å². The van der Waals surface area contributed by atoms with Crippen molar-refractivity contribution >= 4 is 27.3 Å². The van der Waals surface area contributed by atoms with Crippen molar-refractivity contribution in [2.24, 2.45) is 23.0 Å². The van der Waals surface area contributed by atoms with Crippen LogP contribution in [0.2, 0.25) is 0 Å². The van der Waals surface area contributed by atoms with Gasteiger partial charge in [-0.2, -0.15) is 4.31 Å². The smallest absolute Gasteiger partial charge is 0.252 e. The zero-order chi connectivity index (χ0) is 19.1. The van der Waals surface area contributed by atoms with Crippen molar-refractivity contribution < 1.29 is 13.2 Å². The van der Waals surface area contributed by atoms with Gasteiger partial charge in [0.05, 0.1) is 0 Å². The molecule has 1 amide bonds. The van der Waals surface area contributed by atoms with Crippen LogP contribution in [0.1, 0.15) is 38.5 Å². The van der Waals surface area contributed by atoms with Crippen LogP contribution in [0.25, 0.3) is 0 Å². The molecule has 146 valence electrons. The van der Waals surface area contributed by atoms with Gasteiger partial charge in [0.2, 0.25) is 5.91 Å². The summed E-state index contributed by atoms with van der Waals surface area (Å²) in [6, 6.07) is 3.67. The molecule has 1 aliphatic carbocycles. The standard InChI is InChI=1S/C18H29N3O3S2/c1-18(2,3)17(22)20-9-8-13-5-7-16(25-13)26(23,24)21-10-12-4-6-15(19)14(12)11-21/h5,7,12,14-15H,4,6,8-11,19H2,1-3H3,(H,20,22). The molecule has 0 radical (unpaired) electrons. The van der Waals surface area contributed by atoms with Crippen LogP contribution in [-0.4, -0.2) is 44.3 Å². The second-order valence-electron chi connectivity index (χ2n) is 8.46. The van der Waals surface area contributed by atoms with E-state index in [0.29, 0.717) is 42.1 Å². The average Bonchev–Trinajstić information content (AvgIpc) is 3.24. The van der Waals surface area contributed by atoms with Crippen LogP contribution in [0.3, 0.4) is 0 Å². The molecule has 2 aliphatic rings. The number of amides is 1. The fraction of sp³-hybridized carbons (Fsp3) is 0.722. The van der Waals surface area contributed by atoms with Gasteiger partial charge in [0.25, 0.3) is 10.0 Å². The molecule has 0 aromatic carbocycles. The number of fused-ring (bicyclic) bond motifs is 1. The molecule has 0 spiro atoms. The molecule has 1 aromatic rings. The molecule has 2 fully saturated rings. The molecular weight excluding hydrogens is 370 g/mol. The quantitative estimate of drug-likeness (QED) is 0.790. The number of carbonyl (C=O) groups excluding carboxylic acids is 1. The molecule has 1 aromatic heterocycles. The zero-order valence-corrected chi connectivity index (χ0v) is 17.3. The van der Waals surface area contributed by atoms with E-state index in [-0.39, 0.29) is 11.9 Å². The molecule has 3 unspecified atom stereocenters. The number of hydrogen-bond donors (Lipinski definition) is 2. The number of carbonyl (C=O) groups is 1. The van der Waals surface area contributed by atoms with Crippen LogP contribution in [-0.2, 0) is 21.2 Å². The van der Waals surface area contributed by atoms with Gasteiger partial charge in [0.15, 0.2) is 0 Å². The number of sulfonamides is 1. The van der Waals surface area contributed by atoms with E-state index >= 15 is 0 Å². The van der Waals surface area contributed by atoms with Crippen LogP contribution >= 0.6 is 11.3 Å². The molecule has 8 heteroatoms. The Hall–Kier alpha value is -0.960. The molecular formula is C18H29N3O3S2. The molecule has 3 N–H and O–H groups in total. The minimum Gasteiger partial charge on any atom is -0.355 e. The van der Waals surface area contributed by atoms with E-state index < -0.39 is 15.4 Å². The van der Waals surface area contributed by atoms with Gasteiger partial charge in [-0.1, -0.05) is 20.8 Å². The lowest BCUT2D eigenvalue weighted by Gasteiger charge is -2.17. The maximum Gasteiger partial charge on any atom is 0.252 e. The summed E-state index contributed by atoms with van der Waals surface area (Å²) in [7, 11) is -3.44. The molecule has 1 aliphatic heterocycles. The predicted octanol–water partition coefficient (Wildman–Crippen LogP) is 1.81. The Morgan fingerprint density at radius 1 is 1.31 bits per heavy atom. The van der Waals surface area contributed by atoms with Crippen LogP contribution in [0.15, 0.2) is 16.3 Å². The van der Waals surface area contributed by atoms with E-state index in [2.05, 4.69) is 5.32 Å². The molecule has 3 atom stereocenters. The van der Waals surface area contributed by atoms with Gasteiger partial charge < -0.3 is 11.1 Å². The first kappa shape index (κ1) is 19.8. The fourth-order valence-electron chi connectivity index (χ4n) is 3.79. The van der Waals surface area contributed by atoms with Crippen molar-refractivity contribution in [1.82, 2.24) is 9.62 Å². The average molecular weight is 400 g/mol. The topological polar surface area (TPSA) is 92.5 Å². The van der Waals surface area contributed by atoms with E-state index in [1.807, 2.05) is 26.8 Å². The SMILES string of the molecule is CC(C)(C)C(=O)NCCc1ccc(S(=O)(=O)N2CC3CCC(N)C3C2)s1. The Balaban J connectivity index is 1.59. The van der Waals surface area contributed by atoms with E-state index in [4.69, 9.17) is 5.73 Å². The molecule has 1 saturated heterocycles. The molecule has 6 nitrogen and oxygen atoms in total. The number of rotatable bonds is 5. The van der Waals surface area contributed by atoms with Gasteiger partial charge in [-0.25, -0.2) is 8.42 Å². The third kappa shape index (κ3) is 3.98. The first-order valence-corrected chi connectivity index (χ1v) is 11.5. The van der Waals surface area contributed by atoms with E-state index in [1.54, 1.807) is 10.4 Å². The summed E-state index contributed by atoms with van der Waals surface area (Å²) in [5.41, 5.74) is 5.71. The number of nitrogens with one attached hydrogen (secondary N) is 1. The van der Waals surface area contributed by atoms with Gasteiger partial charge in [0, 0.05) is 36.0 Å². The summed E-state index contributed by atoms with van der Waals surface area (Å²) >= 11 is 1.30. The molecule has 3 rings (SSSR count). The Bertz CT molecular complexity index is 767. The summed E-state index contributed by atoms with van der Waals surface area (Å²) in [6.07, 6.45) is 2.67. The van der Waals surface area contributed by atoms with Gasteiger partial charge in [-0.15, -0.1) is 11.3 Å². The van der Waals surface area contributed by atoms with Crippen molar-refractivity contribution in [3.8, 4) is 0 Å². The number of thiophene rings is 1. The summed E-state index contributed by atoms with van der Waals surface area (Å²) in [4.78, 5) is 12.9. The highest BCUT2D eigenvalue weighted by Gasteiger charge is 2.45. The van der Waals surface area contributed by atoms with Gasteiger partial charge in [-0.05, 0) is 43.2 Å². The van der Waals surface area contributed by atoms with Gasteiger partial charge >= 0.3 is 0 Å². The number of hydrogen-bond acceptors (Lipinski definition) is 5. The van der Waals surface area contributed by atoms with E-state index in [0.717, 1.165) is 17.7 Å². The molecule has 2 heterocycles. The highest BCUT2D eigenvalue weighted by molar-refractivity contribution is 7.91. The van der Waals surface area contributed by atoms with Crippen molar-refractivity contribution in [3.63, 3.8) is 0 Å². The highest BCUT2D eigenvalue weighted by Crippen LogP contribution is 2.40. The predicted molar refractivity (Wildman–Crippen MR) is 103 cm³/mol. The monoisotopic (exact) mass is 399 g/mol. The number of nitrogens with zero attached hydrogens (tertiary/aromatic N) is 1. The summed E-state index contributed by atoms with van der Waals surface area (Å²) < 4.78 is 27.9. The van der Waals surface area contributed by atoms with Crippen LogP contribution in [0, 0.1) is 17.3 Å². The third-order valence-electron chi connectivity index (χ3n) is 5.45. The lowest BCUT2D eigenvalue weighted by Crippen LogP contribution is -2.35. The largest absolute Gasteiger partial charge is 0.355 e. The minimum absolute atomic E-state index is 0.00171. The Morgan fingerprint density at radius 2 is 2.04 bits per heavy atom. The zero-order valence-electron chi connectivity index (χ0n) is 15.7. The Labute approximate surface area is 160 Å². The molecule has 0 bridgehead atoms. The Morgan fingerprint density at radius 3 is 2.69 bits per heavy atom. The first-order valence-electron chi connectivity index (χ1n) is 9.22. The first-order chi connectivity index (χ1) is 12.1. The second-order valence-corrected chi connectivity index (χ2v) is 11.8. The van der Waals surface area contributed by atoms with Crippen molar-refractivity contribution in [3.05, 3.63) is 17.0 Å². The fourth-order valence-corrected chi connectivity index (χ4v) is 6.83. The maximum absolute atomic E-state index is 12.9. The summed E-state index contributed by atoms with van der Waals surface area (Å²) in [5, 5.41) is 2.90. The third-order valence-corrected chi connectivity index (χ3v) is 8.89. The van der Waals surface area contributed by atoms with Crippen molar-refractivity contribution in [1.29, 1.82) is 0 Å². The van der Waals surface area contributed by atoms with E-state index in [1.165, 1.54) is 11.3 Å². The molecule has 26 heavy (non-hydrogen) atoms. The second kappa shape index (κ2) is 7.22. The summed E-state index contributed by atoms with van der Waals surface area (Å²) in [6.45, 7) is 7.26. The minimum atomic E-state index is -3.44. The highest BCUT2D eigenvalue weighted by atomic mass is 32.2. The van der Waals surface area contributed by atoms with Crippen LogP contribution in [0.5, 0.6) is 0 Å². The van der Waals surface area contributed by atoms with Crippen LogP contribution in [0.4, 0.5) is 0 Å². The van der Waals surface area contributed by atoms with Crippen molar-refractivity contribution in [2.75, 3.05) is 19.6 Å². The lowest BCUT2D eigenvalue weighted by atomic mass is 9.96.